The lowest BCUT2D eigenvalue weighted by Gasteiger charge is -2.29. The molecule has 0 bridgehead atoms. The first kappa shape index (κ1) is 8.76. The van der Waals surface area contributed by atoms with Crippen LogP contribution >= 0.6 is 0 Å². The molecule has 1 unspecified atom stereocenters. The number of anilines is 1. The molecule has 1 aromatic carbocycles. The van der Waals surface area contributed by atoms with Gasteiger partial charge in [0.15, 0.2) is 0 Å². The Morgan fingerprint density at radius 2 is 2.00 bits per heavy atom. The molecule has 2 heterocycles. The zero-order valence-electron chi connectivity index (χ0n) is 8.40. The molecule has 1 saturated heterocycles. The summed E-state index contributed by atoms with van der Waals surface area (Å²) in [5, 5.41) is 10.0. The second-order valence-corrected chi connectivity index (χ2v) is 3.74. The minimum atomic E-state index is 0.296. The summed E-state index contributed by atoms with van der Waals surface area (Å²) in [6, 6.07) is 10.4. The van der Waals surface area contributed by atoms with Crippen LogP contribution in [0.2, 0.25) is 0 Å². The second-order valence-electron chi connectivity index (χ2n) is 3.74. The molecule has 0 aliphatic carbocycles. The van der Waals surface area contributed by atoms with E-state index in [4.69, 9.17) is 0 Å². The summed E-state index contributed by atoms with van der Waals surface area (Å²) in [7, 11) is 0. The summed E-state index contributed by atoms with van der Waals surface area (Å²) in [5.41, 5.74) is 2.43. The number of nitrogens with one attached hydrogen (secondary N) is 3. The number of hydrogen-bond acceptors (Lipinski definition) is 4. The van der Waals surface area contributed by atoms with Gasteiger partial charge in [0.25, 0.3) is 0 Å². The van der Waals surface area contributed by atoms with E-state index < -0.39 is 0 Å². The van der Waals surface area contributed by atoms with Crippen molar-refractivity contribution in [2.24, 2.45) is 0 Å². The molecule has 2 aliphatic rings. The Hall–Kier alpha value is -1.52. The molecular weight excluding hydrogens is 188 g/mol. The molecule has 0 amide bonds. The van der Waals surface area contributed by atoms with Crippen LogP contribution in [0.1, 0.15) is 0 Å². The Labute approximate surface area is 89.0 Å². The van der Waals surface area contributed by atoms with Gasteiger partial charge < -0.3 is 10.2 Å². The first-order chi connectivity index (χ1) is 7.43. The smallest absolute Gasteiger partial charge is 0.103 e. The Morgan fingerprint density at radius 3 is 2.87 bits per heavy atom. The molecule has 2 aliphatic heterocycles. The van der Waals surface area contributed by atoms with E-state index in [9.17, 15) is 0 Å². The monoisotopic (exact) mass is 202 g/mol. The Bertz CT molecular complexity index is 373. The third-order valence-corrected chi connectivity index (χ3v) is 2.76. The topological polar surface area (TPSA) is 39.3 Å². The number of para-hydroxylation sites is 1. The van der Waals surface area contributed by atoms with E-state index in [-0.39, 0.29) is 0 Å². The molecule has 4 heteroatoms. The zero-order chi connectivity index (χ0) is 10.1. The van der Waals surface area contributed by atoms with E-state index >= 15 is 0 Å². The van der Waals surface area contributed by atoms with Crippen LogP contribution in [0, 0.1) is 0 Å². The summed E-state index contributed by atoms with van der Waals surface area (Å²) < 4.78 is 0. The highest BCUT2D eigenvalue weighted by Crippen LogP contribution is 2.17. The Morgan fingerprint density at radius 1 is 1.13 bits per heavy atom. The molecule has 1 aromatic rings. The quantitative estimate of drug-likeness (QED) is 0.615. The van der Waals surface area contributed by atoms with Crippen molar-refractivity contribution in [3.8, 4) is 0 Å². The standard InChI is InChI=1S/C11H14N4/c1-2-4-9(5-3-1)15-6-10-11(14-8-15)13-7-12-10/h1-6,11-14H,7-8H2. The van der Waals surface area contributed by atoms with Crippen molar-refractivity contribution in [1.29, 1.82) is 0 Å². The molecule has 1 fully saturated rings. The van der Waals surface area contributed by atoms with E-state index in [1.807, 2.05) is 6.07 Å². The van der Waals surface area contributed by atoms with Crippen LogP contribution in [0.3, 0.4) is 0 Å². The van der Waals surface area contributed by atoms with Crippen LogP contribution in [-0.2, 0) is 0 Å². The minimum Gasteiger partial charge on any atom is -0.372 e. The van der Waals surface area contributed by atoms with Crippen LogP contribution in [0.4, 0.5) is 5.69 Å². The third-order valence-electron chi connectivity index (χ3n) is 2.76. The number of rotatable bonds is 1. The summed E-state index contributed by atoms with van der Waals surface area (Å²) >= 11 is 0. The molecule has 15 heavy (non-hydrogen) atoms. The number of nitrogens with zero attached hydrogens (tertiary/aromatic N) is 1. The highest BCUT2D eigenvalue weighted by molar-refractivity contribution is 5.50. The highest BCUT2D eigenvalue weighted by atomic mass is 15.4. The number of fused-ring (bicyclic) bond motifs is 1. The van der Waals surface area contributed by atoms with Crippen LogP contribution < -0.4 is 20.9 Å². The van der Waals surface area contributed by atoms with Gasteiger partial charge in [-0.1, -0.05) is 18.2 Å². The predicted molar refractivity (Wildman–Crippen MR) is 59.9 cm³/mol. The van der Waals surface area contributed by atoms with E-state index in [2.05, 4.69) is 51.3 Å². The number of benzene rings is 1. The average molecular weight is 202 g/mol. The molecule has 3 rings (SSSR count). The van der Waals surface area contributed by atoms with E-state index in [1.165, 1.54) is 11.4 Å². The van der Waals surface area contributed by atoms with Crippen molar-refractivity contribution < 1.29 is 0 Å². The van der Waals surface area contributed by atoms with Crippen molar-refractivity contribution >= 4 is 5.69 Å². The maximum absolute atomic E-state index is 3.41. The molecule has 0 radical (unpaired) electrons. The van der Waals surface area contributed by atoms with Gasteiger partial charge in [-0.3, -0.25) is 10.6 Å². The van der Waals surface area contributed by atoms with Gasteiger partial charge in [-0.05, 0) is 12.1 Å². The third kappa shape index (κ3) is 1.58. The van der Waals surface area contributed by atoms with Gasteiger partial charge in [-0.25, -0.2) is 0 Å². The lowest BCUT2D eigenvalue weighted by Crippen LogP contribution is -2.47. The summed E-state index contributed by atoms with van der Waals surface area (Å²) in [4.78, 5) is 2.20. The van der Waals surface area contributed by atoms with Crippen LogP contribution in [0.15, 0.2) is 42.2 Å². The van der Waals surface area contributed by atoms with Crippen LogP contribution in [0.5, 0.6) is 0 Å². The zero-order valence-corrected chi connectivity index (χ0v) is 8.40. The van der Waals surface area contributed by atoms with Gasteiger partial charge >= 0.3 is 0 Å². The lowest BCUT2D eigenvalue weighted by molar-refractivity contribution is 0.518. The maximum Gasteiger partial charge on any atom is 0.103 e. The maximum atomic E-state index is 3.41. The molecule has 4 nitrogen and oxygen atoms in total. The fourth-order valence-corrected chi connectivity index (χ4v) is 1.96. The fraction of sp³-hybridized carbons (Fsp3) is 0.273. The summed E-state index contributed by atoms with van der Waals surface area (Å²) in [6.45, 7) is 1.68. The molecular formula is C11H14N4. The van der Waals surface area contributed by atoms with Crippen LogP contribution in [-0.4, -0.2) is 19.5 Å². The van der Waals surface area contributed by atoms with Gasteiger partial charge in [0.2, 0.25) is 0 Å². The van der Waals surface area contributed by atoms with E-state index in [0.717, 1.165) is 13.3 Å². The molecule has 3 N–H and O–H groups in total. The van der Waals surface area contributed by atoms with Crippen LogP contribution in [0.25, 0.3) is 0 Å². The predicted octanol–water partition coefficient (Wildman–Crippen LogP) is 0.371. The van der Waals surface area contributed by atoms with Crippen molar-refractivity contribution in [2.75, 3.05) is 18.2 Å². The normalized spacial score (nSPS) is 24.4. The largest absolute Gasteiger partial charge is 0.372 e. The Balaban J connectivity index is 1.87. The minimum absolute atomic E-state index is 0.296. The van der Waals surface area contributed by atoms with Gasteiger partial charge in [-0.15, -0.1) is 0 Å². The average Bonchev–Trinajstić information content (AvgIpc) is 2.77. The van der Waals surface area contributed by atoms with Gasteiger partial charge in [-0.2, -0.15) is 0 Å². The van der Waals surface area contributed by atoms with E-state index in [1.54, 1.807) is 0 Å². The summed E-state index contributed by atoms with van der Waals surface area (Å²) in [6.07, 6.45) is 2.46. The first-order valence-corrected chi connectivity index (χ1v) is 5.17. The second kappa shape index (κ2) is 3.56. The molecule has 78 valence electrons. The Kier molecular flexibility index (Phi) is 2.08. The number of hydrogen-bond donors (Lipinski definition) is 3. The SMILES string of the molecule is C1=C2NCNC2NCN1c1ccccc1. The van der Waals surface area contributed by atoms with Crippen molar-refractivity contribution in [3.63, 3.8) is 0 Å². The molecule has 0 aromatic heterocycles. The van der Waals surface area contributed by atoms with Gasteiger partial charge in [0.05, 0.1) is 19.0 Å². The van der Waals surface area contributed by atoms with Gasteiger partial charge in [0.1, 0.15) is 6.17 Å². The fourth-order valence-electron chi connectivity index (χ4n) is 1.96. The first-order valence-electron chi connectivity index (χ1n) is 5.17. The highest BCUT2D eigenvalue weighted by Gasteiger charge is 2.24. The van der Waals surface area contributed by atoms with Crippen molar-refractivity contribution in [3.05, 3.63) is 42.2 Å². The molecule has 0 saturated carbocycles. The molecule has 1 atom stereocenters. The summed E-state index contributed by atoms with van der Waals surface area (Å²) in [5.74, 6) is 0. The van der Waals surface area contributed by atoms with Crippen molar-refractivity contribution in [1.82, 2.24) is 16.0 Å². The lowest BCUT2D eigenvalue weighted by atomic mass is 10.2. The van der Waals surface area contributed by atoms with Gasteiger partial charge in [0, 0.05) is 11.9 Å². The van der Waals surface area contributed by atoms with Crippen molar-refractivity contribution in [2.45, 2.75) is 6.17 Å². The van der Waals surface area contributed by atoms with E-state index in [0.29, 0.717) is 6.17 Å². The molecule has 0 spiro atoms.